The molecule has 1 unspecified atom stereocenters. The second-order valence-corrected chi connectivity index (χ2v) is 3.95. The fourth-order valence-corrected chi connectivity index (χ4v) is 2.15. The van der Waals surface area contributed by atoms with Crippen LogP contribution in [0.3, 0.4) is 0 Å². The van der Waals surface area contributed by atoms with Crippen LogP contribution in [0.15, 0.2) is 4.60 Å². The predicted octanol–water partition coefficient (Wildman–Crippen LogP) is 2.32. The normalized spacial score (nSPS) is 13.3. The van der Waals surface area contributed by atoms with Gasteiger partial charge in [-0.05, 0) is 29.3 Å². The maximum atomic E-state index is 9.80. The Morgan fingerprint density at radius 1 is 1.62 bits per heavy atom. The molecular weight excluding hydrogens is 232 g/mol. The average molecular weight is 247 g/mol. The van der Waals surface area contributed by atoms with Crippen LogP contribution in [-0.4, -0.2) is 14.7 Å². The zero-order chi connectivity index (χ0) is 10.0. The second-order valence-electron chi connectivity index (χ2n) is 3.20. The Balaban J connectivity index is 2.98. The zero-order valence-electron chi connectivity index (χ0n) is 8.21. The number of aryl methyl sites for hydroxylation is 1. The second kappa shape index (κ2) is 4.24. The first kappa shape index (κ1) is 10.7. The molecule has 0 bridgehead atoms. The minimum absolute atomic E-state index is 0.412. The Hall–Kier alpha value is -0.350. The molecule has 0 aliphatic carbocycles. The van der Waals surface area contributed by atoms with E-state index in [9.17, 15) is 5.11 Å². The molecule has 13 heavy (non-hydrogen) atoms. The van der Waals surface area contributed by atoms with Crippen molar-refractivity contribution in [3.63, 3.8) is 0 Å². The number of imidazole rings is 1. The molecule has 0 fully saturated rings. The highest BCUT2D eigenvalue weighted by molar-refractivity contribution is 9.10. The molecule has 74 valence electrons. The largest absolute Gasteiger partial charge is 0.387 e. The van der Waals surface area contributed by atoms with Crippen molar-refractivity contribution in [3.8, 4) is 0 Å². The third kappa shape index (κ3) is 2.11. The number of rotatable bonds is 3. The van der Waals surface area contributed by atoms with E-state index >= 15 is 0 Å². The first-order valence-electron chi connectivity index (χ1n) is 4.44. The molecule has 0 aliphatic heterocycles. The van der Waals surface area contributed by atoms with E-state index < -0.39 is 6.10 Å². The van der Waals surface area contributed by atoms with Crippen LogP contribution in [0.25, 0.3) is 0 Å². The number of aliphatic hydroxyl groups excluding tert-OH is 1. The number of aliphatic hydroxyl groups is 1. The summed E-state index contributed by atoms with van der Waals surface area (Å²) in [6, 6.07) is 0. The lowest BCUT2D eigenvalue weighted by Crippen LogP contribution is -2.05. The van der Waals surface area contributed by atoms with Crippen LogP contribution in [0.1, 0.15) is 37.4 Å². The standard InChI is InChI=1S/C9H15BrN2O/c1-4-5-7(13)8-9(10)11-6(2)12(8)3/h7,13H,4-5H2,1-3H3. The third-order valence-corrected chi connectivity index (χ3v) is 2.78. The van der Waals surface area contributed by atoms with Gasteiger partial charge < -0.3 is 9.67 Å². The number of nitrogens with zero attached hydrogens (tertiary/aromatic N) is 2. The Morgan fingerprint density at radius 3 is 2.62 bits per heavy atom. The zero-order valence-corrected chi connectivity index (χ0v) is 9.80. The van der Waals surface area contributed by atoms with Crippen LogP contribution >= 0.6 is 15.9 Å². The molecule has 0 saturated heterocycles. The molecule has 3 nitrogen and oxygen atoms in total. The molecule has 0 radical (unpaired) electrons. The fourth-order valence-electron chi connectivity index (χ4n) is 1.36. The summed E-state index contributed by atoms with van der Waals surface area (Å²) in [5.74, 6) is 0.914. The fraction of sp³-hybridized carbons (Fsp3) is 0.667. The number of halogens is 1. The van der Waals surface area contributed by atoms with Crippen molar-refractivity contribution < 1.29 is 5.11 Å². The maximum Gasteiger partial charge on any atom is 0.130 e. The van der Waals surface area contributed by atoms with Crippen LogP contribution in [0.5, 0.6) is 0 Å². The Bertz CT molecular complexity index is 296. The highest BCUT2D eigenvalue weighted by atomic mass is 79.9. The van der Waals surface area contributed by atoms with Crippen LogP contribution in [0.4, 0.5) is 0 Å². The lowest BCUT2D eigenvalue weighted by Gasteiger charge is -2.10. The number of aromatic nitrogens is 2. The van der Waals surface area contributed by atoms with Gasteiger partial charge in [0.15, 0.2) is 0 Å². The molecule has 0 amide bonds. The molecule has 0 aromatic carbocycles. The van der Waals surface area contributed by atoms with E-state index in [1.165, 1.54) is 0 Å². The summed E-state index contributed by atoms with van der Waals surface area (Å²) in [5.41, 5.74) is 0.874. The van der Waals surface area contributed by atoms with Crippen LogP contribution in [0.2, 0.25) is 0 Å². The van der Waals surface area contributed by atoms with Gasteiger partial charge in [-0.3, -0.25) is 0 Å². The van der Waals surface area contributed by atoms with Gasteiger partial charge in [-0.2, -0.15) is 0 Å². The van der Waals surface area contributed by atoms with Crippen LogP contribution in [-0.2, 0) is 7.05 Å². The van der Waals surface area contributed by atoms with Crippen molar-refractivity contribution in [2.24, 2.45) is 7.05 Å². The molecule has 1 rings (SSSR count). The molecule has 1 N–H and O–H groups in total. The van der Waals surface area contributed by atoms with Crippen molar-refractivity contribution in [2.45, 2.75) is 32.8 Å². The van der Waals surface area contributed by atoms with Gasteiger partial charge in [0, 0.05) is 7.05 Å². The summed E-state index contributed by atoms with van der Waals surface area (Å²) in [6.45, 7) is 3.98. The van der Waals surface area contributed by atoms with Gasteiger partial charge >= 0.3 is 0 Å². The number of hydrogen-bond donors (Lipinski definition) is 1. The van der Waals surface area contributed by atoms with Crippen molar-refractivity contribution in [2.75, 3.05) is 0 Å². The summed E-state index contributed by atoms with van der Waals surface area (Å²) in [4.78, 5) is 4.23. The average Bonchev–Trinajstić information content (AvgIpc) is 2.27. The monoisotopic (exact) mass is 246 g/mol. The first-order chi connectivity index (χ1) is 6.07. The molecule has 1 heterocycles. The van der Waals surface area contributed by atoms with E-state index in [2.05, 4.69) is 27.8 Å². The van der Waals surface area contributed by atoms with Crippen LogP contribution < -0.4 is 0 Å². The Morgan fingerprint density at radius 2 is 2.23 bits per heavy atom. The molecular formula is C9H15BrN2O. The molecule has 1 aromatic heterocycles. The lowest BCUT2D eigenvalue weighted by atomic mass is 10.1. The summed E-state index contributed by atoms with van der Waals surface area (Å²) < 4.78 is 2.68. The first-order valence-corrected chi connectivity index (χ1v) is 5.24. The molecule has 0 aliphatic rings. The minimum atomic E-state index is -0.412. The molecule has 4 heteroatoms. The summed E-state index contributed by atoms with van der Waals surface area (Å²) in [6.07, 6.45) is 1.33. The number of hydrogen-bond acceptors (Lipinski definition) is 2. The topological polar surface area (TPSA) is 38.1 Å². The van der Waals surface area contributed by atoms with E-state index in [1.54, 1.807) is 0 Å². The molecule has 1 atom stereocenters. The summed E-state index contributed by atoms with van der Waals surface area (Å²) in [5, 5.41) is 9.80. The van der Waals surface area contributed by atoms with Gasteiger partial charge in [-0.25, -0.2) is 4.98 Å². The molecule has 1 aromatic rings. The van der Waals surface area contributed by atoms with Crippen LogP contribution in [0, 0.1) is 6.92 Å². The smallest absolute Gasteiger partial charge is 0.130 e. The Kier molecular flexibility index (Phi) is 3.50. The molecule has 0 saturated carbocycles. The van der Waals surface area contributed by atoms with Gasteiger partial charge in [0.05, 0.1) is 11.8 Å². The van der Waals surface area contributed by atoms with Gasteiger partial charge in [0.25, 0.3) is 0 Å². The predicted molar refractivity (Wildman–Crippen MR) is 55.5 cm³/mol. The highest BCUT2D eigenvalue weighted by Crippen LogP contribution is 2.26. The quantitative estimate of drug-likeness (QED) is 0.890. The van der Waals surface area contributed by atoms with Gasteiger partial charge in [-0.1, -0.05) is 13.3 Å². The van der Waals surface area contributed by atoms with Gasteiger partial charge in [0.1, 0.15) is 10.4 Å². The van der Waals surface area contributed by atoms with E-state index in [1.807, 2.05) is 18.5 Å². The summed E-state index contributed by atoms with van der Waals surface area (Å²) >= 11 is 3.35. The van der Waals surface area contributed by atoms with E-state index in [0.29, 0.717) is 0 Å². The van der Waals surface area contributed by atoms with Crippen molar-refractivity contribution in [3.05, 3.63) is 16.1 Å². The SMILES string of the molecule is CCCC(O)c1c(Br)nc(C)n1C. The van der Waals surface area contributed by atoms with Crippen molar-refractivity contribution in [1.29, 1.82) is 0 Å². The highest BCUT2D eigenvalue weighted by Gasteiger charge is 2.17. The molecule has 0 spiro atoms. The summed E-state index contributed by atoms with van der Waals surface area (Å²) in [7, 11) is 1.92. The van der Waals surface area contributed by atoms with E-state index in [4.69, 9.17) is 0 Å². The van der Waals surface area contributed by atoms with Gasteiger partial charge in [-0.15, -0.1) is 0 Å². The van der Waals surface area contributed by atoms with E-state index in [0.717, 1.165) is 29.0 Å². The van der Waals surface area contributed by atoms with E-state index in [-0.39, 0.29) is 0 Å². The third-order valence-electron chi connectivity index (χ3n) is 2.20. The van der Waals surface area contributed by atoms with Crippen molar-refractivity contribution in [1.82, 2.24) is 9.55 Å². The van der Waals surface area contributed by atoms with Gasteiger partial charge in [0.2, 0.25) is 0 Å². The maximum absolute atomic E-state index is 9.80. The minimum Gasteiger partial charge on any atom is -0.387 e. The lowest BCUT2D eigenvalue weighted by molar-refractivity contribution is 0.157. The Labute approximate surface area is 86.9 Å². The van der Waals surface area contributed by atoms with Crippen molar-refractivity contribution >= 4 is 15.9 Å².